The van der Waals surface area contributed by atoms with Gasteiger partial charge in [-0.3, -0.25) is 0 Å². The van der Waals surface area contributed by atoms with E-state index in [1.807, 2.05) is 13.0 Å². The van der Waals surface area contributed by atoms with Crippen molar-refractivity contribution in [3.63, 3.8) is 0 Å². The first-order chi connectivity index (χ1) is 6.63. The van der Waals surface area contributed by atoms with E-state index in [0.29, 0.717) is 5.56 Å². The highest BCUT2D eigenvalue weighted by molar-refractivity contribution is 5.87. The Kier molecular flexibility index (Phi) is 3.14. The molecule has 0 unspecified atom stereocenters. The van der Waals surface area contributed by atoms with Gasteiger partial charge >= 0.3 is 5.97 Å². The van der Waals surface area contributed by atoms with Crippen molar-refractivity contribution in [3.8, 4) is 17.6 Å². The van der Waals surface area contributed by atoms with E-state index in [9.17, 15) is 4.79 Å². The summed E-state index contributed by atoms with van der Waals surface area (Å²) in [6.07, 6.45) is 0. The van der Waals surface area contributed by atoms with Gasteiger partial charge in [0.25, 0.3) is 0 Å². The molecular formula is C11H10O3. The van der Waals surface area contributed by atoms with Crippen LogP contribution in [0.5, 0.6) is 5.75 Å². The lowest BCUT2D eigenvalue weighted by molar-refractivity contribution is -0.130. The number of aryl methyl sites for hydroxylation is 1. The molecule has 3 nitrogen and oxygen atoms in total. The highest BCUT2D eigenvalue weighted by atomic mass is 16.5. The van der Waals surface area contributed by atoms with E-state index in [1.54, 1.807) is 19.2 Å². The summed E-state index contributed by atoms with van der Waals surface area (Å²) in [4.78, 5) is 10.2. The first-order valence-electron chi connectivity index (χ1n) is 4.03. The lowest BCUT2D eigenvalue weighted by Gasteiger charge is -2.02. The van der Waals surface area contributed by atoms with Gasteiger partial charge in [-0.25, -0.2) is 4.79 Å². The molecule has 1 N–H and O–H groups in total. The zero-order valence-corrected chi connectivity index (χ0v) is 8.00. The minimum Gasteiger partial charge on any atom is -0.497 e. The zero-order chi connectivity index (χ0) is 10.6. The predicted octanol–water partition coefficient (Wildman–Crippen LogP) is 1.44. The Morgan fingerprint density at radius 1 is 1.50 bits per heavy atom. The monoisotopic (exact) mass is 190 g/mol. The lowest BCUT2D eigenvalue weighted by Crippen LogP contribution is -1.90. The Bertz CT molecular complexity index is 410. The number of carbonyl (C=O) groups is 1. The molecular weight excluding hydrogens is 180 g/mol. The van der Waals surface area contributed by atoms with Gasteiger partial charge < -0.3 is 9.84 Å². The number of methoxy groups -OCH3 is 1. The van der Waals surface area contributed by atoms with Crippen LogP contribution >= 0.6 is 0 Å². The van der Waals surface area contributed by atoms with Crippen LogP contribution in [0.1, 0.15) is 11.1 Å². The minimum absolute atomic E-state index is 0.702. The van der Waals surface area contributed by atoms with Crippen LogP contribution in [-0.4, -0.2) is 18.2 Å². The van der Waals surface area contributed by atoms with Crippen molar-refractivity contribution in [1.82, 2.24) is 0 Å². The smallest absolute Gasteiger partial charge is 0.382 e. The van der Waals surface area contributed by atoms with Crippen molar-refractivity contribution in [2.24, 2.45) is 0 Å². The Morgan fingerprint density at radius 3 is 2.71 bits per heavy atom. The average Bonchev–Trinajstić information content (AvgIpc) is 2.15. The summed E-state index contributed by atoms with van der Waals surface area (Å²) in [5.41, 5.74) is 1.60. The molecule has 14 heavy (non-hydrogen) atoms. The number of ether oxygens (including phenoxy) is 1. The Labute approximate surface area is 82.3 Å². The minimum atomic E-state index is -1.12. The Morgan fingerprint density at radius 2 is 2.21 bits per heavy atom. The average molecular weight is 190 g/mol. The highest BCUT2D eigenvalue weighted by Crippen LogP contribution is 2.15. The number of hydrogen-bond donors (Lipinski definition) is 1. The number of hydrogen-bond acceptors (Lipinski definition) is 2. The summed E-state index contributed by atoms with van der Waals surface area (Å²) in [6.45, 7) is 1.86. The van der Waals surface area contributed by atoms with Crippen molar-refractivity contribution in [2.45, 2.75) is 6.92 Å². The molecule has 0 atom stereocenters. The fraction of sp³-hybridized carbons (Fsp3) is 0.182. The van der Waals surface area contributed by atoms with E-state index in [-0.39, 0.29) is 0 Å². The van der Waals surface area contributed by atoms with Gasteiger partial charge in [-0.2, -0.15) is 0 Å². The molecule has 0 radical (unpaired) electrons. The summed E-state index contributed by atoms with van der Waals surface area (Å²) < 4.78 is 5.01. The first-order valence-corrected chi connectivity index (χ1v) is 4.03. The van der Waals surface area contributed by atoms with Crippen molar-refractivity contribution in [2.75, 3.05) is 7.11 Å². The van der Waals surface area contributed by atoms with Crippen LogP contribution in [0.2, 0.25) is 0 Å². The molecule has 0 bridgehead atoms. The van der Waals surface area contributed by atoms with Crippen molar-refractivity contribution in [1.29, 1.82) is 0 Å². The van der Waals surface area contributed by atoms with Crippen molar-refractivity contribution in [3.05, 3.63) is 29.3 Å². The van der Waals surface area contributed by atoms with Gasteiger partial charge in [-0.05, 0) is 30.7 Å². The highest BCUT2D eigenvalue weighted by Gasteiger charge is 1.97. The first kappa shape index (κ1) is 10.1. The van der Waals surface area contributed by atoms with Gasteiger partial charge in [-0.1, -0.05) is 5.92 Å². The molecule has 0 saturated heterocycles. The molecule has 0 aromatic heterocycles. The van der Waals surface area contributed by atoms with Gasteiger partial charge in [0.2, 0.25) is 0 Å². The molecule has 1 rings (SSSR count). The fourth-order valence-electron chi connectivity index (χ4n) is 1.02. The molecule has 3 heteroatoms. The summed E-state index contributed by atoms with van der Waals surface area (Å²) in [5.74, 6) is 4.24. The van der Waals surface area contributed by atoms with Crippen LogP contribution in [0, 0.1) is 18.8 Å². The van der Waals surface area contributed by atoms with Gasteiger partial charge in [0, 0.05) is 11.5 Å². The maximum absolute atomic E-state index is 10.2. The second kappa shape index (κ2) is 4.33. The number of rotatable bonds is 1. The SMILES string of the molecule is COc1ccc(C#CC(=O)O)c(C)c1. The van der Waals surface area contributed by atoms with E-state index >= 15 is 0 Å². The third-order valence-corrected chi connectivity index (χ3v) is 1.74. The van der Waals surface area contributed by atoms with Crippen LogP contribution < -0.4 is 4.74 Å². The van der Waals surface area contributed by atoms with Crippen LogP contribution in [0.3, 0.4) is 0 Å². The molecule has 1 aromatic carbocycles. The van der Waals surface area contributed by atoms with Crippen LogP contribution in [0.15, 0.2) is 18.2 Å². The molecule has 0 heterocycles. The van der Waals surface area contributed by atoms with Gasteiger partial charge in [-0.15, -0.1) is 0 Å². The summed E-state index contributed by atoms with van der Waals surface area (Å²) in [5, 5.41) is 8.37. The number of carboxylic acids is 1. The molecule has 72 valence electrons. The summed E-state index contributed by atoms with van der Waals surface area (Å²) in [6, 6.07) is 5.30. The van der Waals surface area contributed by atoms with Gasteiger partial charge in [0.05, 0.1) is 7.11 Å². The molecule has 0 fully saturated rings. The largest absolute Gasteiger partial charge is 0.497 e. The van der Waals surface area contributed by atoms with Crippen molar-refractivity contribution < 1.29 is 14.6 Å². The van der Waals surface area contributed by atoms with Gasteiger partial charge in [0.1, 0.15) is 5.75 Å². The standard InChI is InChI=1S/C11H10O3/c1-8-7-10(14-2)5-3-9(8)4-6-11(12)13/h3,5,7H,1-2H3,(H,12,13). The number of carboxylic acid groups (broad SMARTS) is 1. The van der Waals surface area contributed by atoms with Crippen LogP contribution in [-0.2, 0) is 4.79 Å². The van der Waals surface area contributed by atoms with E-state index in [4.69, 9.17) is 9.84 Å². The van der Waals surface area contributed by atoms with E-state index in [1.165, 1.54) is 0 Å². The molecule has 0 spiro atoms. The van der Waals surface area contributed by atoms with Gasteiger partial charge in [0.15, 0.2) is 0 Å². The quantitative estimate of drug-likeness (QED) is 0.681. The number of aliphatic carboxylic acids is 1. The summed E-state index contributed by atoms with van der Waals surface area (Å²) >= 11 is 0. The Balaban J connectivity index is 3.02. The second-order valence-corrected chi connectivity index (χ2v) is 2.74. The third kappa shape index (κ3) is 2.53. The molecule has 0 aliphatic carbocycles. The zero-order valence-electron chi connectivity index (χ0n) is 8.00. The fourth-order valence-corrected chi connectivity index (χ4v) is 1.02. The number of benzene rings is 1. The molecule has 1 aromatic rings. The maximum Gasteiger partial charge on any atom is 0.382 e. The molecule has 0 aliphatic heterocycles. The normalized spacial score (nSPS) is 8.71. The van der Waals surface area contributed by atoms with Crippen LogP contribution in [0.4, 0.5) is 0 Å². The maximum atomic E-state index is 10.2. The van der Waals surface area contributed by atoms with Crippen molar-refractivity contribution >= 4 is 5.97 Å². The van der Waals surface area contributed by atoms with Crippen LogP contribution in [0.25, 0.3) is 0 Å². The topological polar surface area (TPSA) is 46.5 Å². The second-order valence-electron chi connectivity index (χ2n) is 2.74. The van der Waals surface area contributed by atoms with E-state index in [0.717, 1.165) is 11.3 Å². The van der Waals surface area contributed by atoms with E-state index in [2.05, 4.69) is 11.8 Å². The van der Waals surface area contributed by atoms with E-state index < -0.39 is 5.97 Å². The summed E-state index contributed by atoms with van der Waals surface area (Å²) in [7, 11) is 1.58. The molecule has 0 amide bonds. The Hall–Kier alpha value is -1.95. The molecule has 0 saturated carbocycles. The molecule has 0 aliphatic rings. The predicted molar refractivity (Wildman–Crippen MR) is 52.2 cm³/mol. The third-order valence-electron chi connectivity index (χ3n) is 1.74. The lowest BCUT2D eigenvalue weighted by atomic mass is 10.1.